The molecule has 0 aromatic carbocycles. The third-order valence-electron chi connectivity index (χ3n) is 1.02. The van der Waals surface area contributed by atoms with E-state index in [1.807, 2.05) is 0 Å². The highest BCUT2D eigenvalue weighted by Gasteiger charge is 2.19. The van der Waals surface area contributed by atoms with E-state index in [4.69, 9.17) is 0 Å². The average molecular weight is 154 g/mol. The van der Waals surface area contributed by atoms with Crippen molar-refractivity contribution in [1.82, 2.24) is 0 Å². The van der Waals surface area contributed by atoms with Gasteiger partial charge in [0.25, 0.3) is 0 Å². The third-order valence-corrected chi connectivity index (χ3v) is 1.34. The van der Waals surface area contributed by atoms with Crippen LogP contribution in [0.4, 0.5) is 8.78 Å². The Morgan fingerprint density at radius 3 is 2.22 bits per heavy atom. The van der Waals surface area contributed by atoms with Crippen LogP contribution in [0.25, 0.3) is 0 Å². The first-order chi connectivity index (χ1) is 4.06. The van der Waals surface area contributed by atoms with Crippen LogP contribution in [0, 0.1) is 0 Å². The van der Waals surface area contributed by atoms with E-state index >= 15 is 0 Å². The first kappa shape index (κ1) is 9.21. The molecular formula is C6H12F2S. The predicted octanol–water partition coefficient (Wildman–Crippen LogP) is 2.74. The second-order valence-electron chi connectivity index (χ2n) is 2.25. The van der Waals surface area contributed by atoms with Gasteiger partial charge in [0.05, 0.1) is 0 Å². The maximum Gasteiger partial charge on any atom is 0.245 e. The number of unbranched alkanes of at least 4 members (excludes halogenated alkanes) is 1. The molecule has 0 N–H and O–H groups in total. The lowest BCUT2D eigenvalue weighted by Crippen LogP contribution is -2.08. The average Bonchev–Trinajstić information content (AvgIpc) is 1.63. The summed E-state index contributed by atoms with van der Waals surface area (Å²) in [6.07, 6.45) is 1.35. The molecule has 0 aromatic rings. The molecule has 0 rings (SSSR count). The van der Waals surface area contributed by atoms with E-state index in [2.05, 4.69) is 12.6 Å². The van der Waals surface area contributed by atoms with Crippen LogP contribution in [-0.2, 0) is 0 Å². The van der Waals surface area contributed by atoms with E-state index in [9.17, 15) is 8.78 Å². The van der Waals surface area contributed by atoms with Crippen LogP contribution >= 0.6 is 12.6 Å². The smallest absolute Gasteiger partial charge is 0.207 e. The lowest BCUT2D eigenvalue weighted by atomic mass is 10.2. The van der Waals surface area contributed by atoms with Gasteiger partial charge in [-0.05, 0) is 25.5 Å². The Hall–Kier alpha value is 0.210. The van der Waals surface area contributed by atoms with Crippen molar-refractivity contribution >= 4 is 12.6 Å². The fraction of sp³-hybridized carbons (Fsp3) is 1.00. The quantitative estimate of drug-likeness (QED) is 0.467. The Bertz CT molecular complexity index is 67.9. The number of rotatable bonds is 4. The van der Waals surface area contributed by atoms with Crippen molar-refractivity contribution in [2.45, 2.75) is 32.1 Å². The Balaban J connectivity index is 3.07. The molecule has 56 valence electrons. The number of halogens is 2. The molecule has 0 aliphatic heterocycles. The maximum absolute atomic E-state index is 12.0. The van der Waals surface area contributed by atoms with Crippen LogP contribution in [0.3, 0.4) is 0 Å². The molecule has 0 aliphatic rings. The normalized spacial score (nSPS) is 12.0. The van der Waals surface area contributed by atoms with Gasteiger partial charge in [0.2, 0.25) is 5.92 Å². The van der Waals surface area contributed by atoms with Crippen LogP contribution < -0.4 is 0 Å². The molecule has 0 atom stereocenters. The highest BCUT2D eigenvalue weighted by molar-refractivity contribution is 7.80. The van der Waals surface area contributed by atoms with E-state index < -0.39 is 5.92 Å². The molecule has 9 heavy (non-hydrogen) atoms. The molecule has 0 saturated carbocycles. The molecule has 0 bridgehead atoms. The molecule has 0 fully saturated rings. The molecule has 0 aromatic heterocycles. The molecule has 0 nitrogen and oxygen atoms in total. The van der Waals surface area contributed by atoms with E-state index in [1.165, 1.54) is 0 Å². The van der Waals surface area contributed by atoms with Gasteiger partial charge in [-0.25, -0.2) is 8.78 Å². The van der Waals surface area contributed by atoms with Gasteiger partial charge in [0.15, 0.2) is 0 Å². The van der Waals surface area contributed by atoms with Crippen molar-refractivity contribution in [2.75, 3.05) is 5.75 Å². The Kier molecular flexibility index (Phi) is 4.19. The molecule has 3 heteroatoms. The molecule has 0 saturated heterocycles. The summed E-state index contributed by atoms with van der Waals surface area (Å²) in [7, 11) is 0. The Morgan fingerprint density at radius 2 is 1.89 bits per heavy atom. The van der Waals surface area contributed by atoms with Crippen LogP contribution in [0.1, 0.15) is 26.2 Å². The summed E-state index contributed by atoms with van der Waals surface area (Å²) in [5.74, 6) is -1.78. The van der Waals surface area contributed by atoms with Crippen molar-refractivity contribution in [3.63, 3.8) is 0 Å². The highest BCUT2D eigenvalue weighted by atomic mass is 32.1. The fourth-order valence-corrected chi connectivity index (χ4v) is 0.771. The van der Waals surface area contributed by atoms with Gasteiger partial charge in [0.1, 0.15) is 0 Å². The summed E-state index contributed by atoms with van der Waals surface area (Å²) in [4.78, 5) is 0. The molecule has 0 amide bonds. The topological polar surface area (TPSA) is 0 Å². The molecule has 0 aliphatic carbocycles. The van der Waals surface area contributed by atoms with Gasteiger partial charge in [-0.2, -0.15) is 12.6 Å². The van der Waals surface area contributed by atoms with Gasteiger partial charge in [0, 0.05) is 6.42 Å². The summed E-state index contributed by atoms with van der Waals surface area (Å²) in [6.45, 7) is 0.950. The van der Waals surface area contributed by atoms with Crippen LogP contribution in [0.15, 0.2) is 0 Å². The van der Waals surface area contributed by atoms with Crippen molar-refractivity contribution in [3.8, 4) is 0 Å². The monoisotopic (exact) mass is 154 g/mol. The van der Waals surface area contributed by atoms with E-state index in [-0.39, 0.29) is 6.42 Å². The van der Waals surface area contributed by atoms with E-state index in [0.29, 0.717) is 12.2 Å². The first-order valence-electron chi connectivity index (χ1n) is 3.05. The maximum atomic E-state index is 12.0. The van der Waals surface area contributed by atoms with Crippen LogP contribution in [0.5, 0.6) is 0 Å². The number of alkyl halides is 2. The lowest BCUT2D eigenvalue weighted by molar-refractivity contribution is 0.0109. The highest BCUT2D eigenvalue weighted by Crippen LogP contribution is 2.19. The number of hydrogen-bond acceptors (Lipinski definition) is 1. The SMILES string of the molecule is CC(F)(F)CCCCS. The Morgan fingerprint density at radius 1 is 1.33 bits per heavy atom. The van der Waals surface area contributed by atoms with Crippen molar-refractivity contribution in [1.29, 1.82) is 0 Å². The van der Waals surface area contributed by atoms with Gasteiger partial charge in [-0.3, -0.25) is 0 Å². The van der Waals surface area contributed by atoms with Gasteiger partial charge in [-0.1, -0.05) is 0 Å². The summed E-state index contributed by atoms with van der Waals surface area (Å²) >= 11 is 3.91. The van der Waals surface area contributed by atoms with Crippen molar-refractivity contribution < 1.29 is 8.78 Å². The zero-order valence-electron chi connectivity index (χ0n) is 5.53. The predicted molar refractivity (Wildman–Crippen MR) is 38.3 cm³/mol. The van der Waals surface area contributed by atoms with Crippen molar-refractivity contribution in [2.24, 2.45) is 0 Å². The van der Waals surface area contributed by atoms with Crippen molar-refractivity contribution in [3.05, 3.63) is 0 Å². The minimum Gasteiger partial charge on any atom is -0.207 e. The molecule has 0 radical (unpaired) electrons. The molecule has 0 heterocycles. The fourth-order valence-electron chi connectivity index (χ4n) is 0.547. The van der Waals surface area contributed by atoms with Crippen LogP contribution in [0.2, 0.25) is 0 Å². The summed E-state index contributed by atoms with van der Waals surface area (Å²) in [6, 6.07) is 0. The van der Waals surface area contributed by atoms with Gasteiger partial charge >= 0.3 is 0 Å². The third kappa shape index (κ3) is 8.21. The summed E-state index contributed by atoms with van der Waals surface area (Å²) in [5, 5.41) is 0. The van der Waals surface area contributed by atoms with Gasteiger partial charge < -0.3 is 0 Å². The summed E-state index contributed by atoms with van der Waals surface area (Å²) < 4.78 is 24.0. The zero-order chi connectivity index (χ0) is 7.33. The minimum absolute atomic E-state index is 0.00639. The molecule has 0 spiro atoms. The zero-order valence-corrected chi connectivity index (χ0v) is 6.43. The standard InChI is InChI=1S/C6H12F2S/c1-6(7,8)4-2-3-5-9/h9H,2-5H2,1H3. The second kappa shape index (κ2) is 4.09. The number of thiol groups is 1. The van der Waals surface area contributed by atoms with E-state index in [0.717, 1.165) is 13.3 Å². The van der Waals surface area contributed by atoms with E-state index in [1.54, 1.807) is 0 Å². The van der Waals surface area contributed by atoms with Crippen LogP contribution in [-0.4, -0.2) is 11.7 Å². The van der Waals surface area contributed by atoms with Gasteiger partial charge in [-0.15, -0.1) is 0 Å². The Labute approximate surface area is 60.1 Å². The first-order valence-corrected chi connectivity index (χ1v) is 3.68. The lowest BCUT2D eigenvalue weighted by Gasteiger charge is -2.07. The minimum atomic E-state index is -2.48. The second-order valence-corrected chi connectivity index (χ2v) is 2.70. The molecular weight excluding hydrogens is 142 g/mol. The largest absolute Gasteiger partial charge is 0.245 e. The summed E-state index contributed by atoms with van der Waals surface area (Å²) in [5.41, 5.74) is 0. The number of hydrogen-bond donors (Lipinski definition) is 1. The molecule has 0 unspecified atom stereocenters.